The zero-order chi connectivity index (χ0) is 15.1. The van der Waals surface area contributed by atoms with Gasteiger partial charge in [-0.15, -0.1) is 0 Å². The number of hydrogen-bond acceptors (Lipinski definition) is 2. The van der Waals surface area contributed by atoms with E-state index in [0.717, 1.165) is 12.1 Å². The van der Waals surface area contributed by atoms with Crippen molar-refractivity contribution in [1.82, 2.24) is 0 Å². The summed E-state index contributed by atoms with van der Waals surface area (Å²) in [4.78, 5) is 13.8. The molecule has 3 nitrogen and oxygen atoms in total. The Morgan fingerprint density at radius 3 is 2.70 bits per heavy atom. The van der Waals surface area contributed by atoms with Crippen LogP contribution in [0.2, 0.25) is 0 Å². The SMILES string of the molecule is CCC(C(=O)O)N1c2cc(C)ccc2C(C)CC1(C)C. The fraction of sp³-hybridized carbons (Fsp3) is 0.588. The Kier molecular flexibility index (Phi) is 3.81. The number of benzene rings is 1. The molecule has 0 aromatic heterocycles. The molecular formula is C17H25NO2. The second-order valence-electron chi connectivity index (χ2n) is 6.61. The highest BCUT2D eigenvalue weighted by atomic mass is 16.4. The van der Waals surface area contributed by atoms with Crippen LogP contribution in [0.25, 0.3) is 0 Å². The molecule has 20 heavy (non-hydrogen) atoms. The number of aryl methyl sites for hydroxylation is 1. The van der Waals surface area contributed by atoms with Crippen LogP contribution in [0.5, 0.6) is 0 Å². The van der Waals surface area contributed by atoms with Gasteiger partial charge in [0.2, 0.25) is 0 Å². The average Bonchev–Trinajstić information content (AvgIpc) is 2.32. The first-order chi connectivity index (χ1) is 9.27. The van der Waals surface area contributed by atoms with Crippen molar-refractivity contribution >= 4 is 11.7 Å². The number of carboxylic acid groups (broad SMARTS) is 1. The number of aliphatic carboxylic acids is 1. The molecule has 1 aliphatic rings. The van der Waals surface area contributed by atoms with E-state index >= 15 is 0 Å². The molecule has 1 aromatic rings. The van der Waals surface area contributed by atoms with Crippen LogP contribution in [-0.4, -0.2) is 22.7 Å². The van der Waals surface area contributed by atoms with Crippen LogP contribution in [-0.2, 0) is 4.79 Å². The summed E-state index contributed by atoms with van der Waals surface area (Å²) in [5.41, 5.74) is 3.41. The minimum absolute atomic E-state index is 0.140. The number of nitrogens with zero attached hydrogens (tertiary/aromatic N) is 1. The van der Waals surface area contributed by atoms with Crippen LogP contribution in [0.1, 0.15) is 57.6 Å². The lowest BCUT2D eigenvalue weighted by Gasteiger charge is -2.50. The molecule has 0 amide bonds. The van der Waals surface area contributed by atoms with Crippen molar-refractivity contribution in [3.63, 3.8) is 0 Å². The van der Waals surface area contributed by atoms with Gasteiger partial charge in [-0.2, -0.15) is 0 Å². The Bertz CT molecular complexity index is 522. The predicted molar refractivity (Wildman–Crippen MR) is 82.5 cm³/mol. The van der Waals surface area contributed by atoms with Crippen molar-refractivity contribution in [3.05, 3.63) is 29.3 Å². The summed E-state index contributed by atoms with van der Waals surface area (Å²) in [5, 5.41) is 9.58. The molecule has 1 aromatic carbocycles. The number of rotatable bonds is 3. The van der Waals surface area contributed by atoms with Crippen LogP contribution in [0.15, 0.2) is 18.2 Å². The van der Waals surface area contributed by atoms with E-state index in [1.807, 2.05) is 6.92 Å². The van der Waals surface area contributed by atoms with Crippen molar-refractivity contribution in [2.45, 2.75) is 65.0 Å². The molecule has 0 saturated heterocycles. The molecule has 1 aliphatic heterocycles. The zero-order valence-electron chi connectivity index (χ0n) is 13.1. The first-order valence-electron chi connectivity index (χ1n) is 7.40. The van der Waals surface area contributed by atoms with E-state index in [-0.39, 0.29) is 5.54 Å². The van der Waals surface area contributed by atoms with Crippen molar-refractivity contribution in [1.29, 1.82) is 0 Å². The third-order valence-corrected chi connectivity index (χ3v) is 4.42. The van der Waals surface area contributed by atoms with Gasteiger partial charge in [0.1, 0.15) is 6.04 Å². The van der Waals surface area contributed by atoms with Gasteiger partial charge in [-0.05, 0) is 56.7 Å². The van der Waals surface area contributed by atoms with Crippen molar-refractivity contribution in [3.8, 4) is 0 Å². The maximum Gasteiger partial charge on any atom is 0.326 e. The summed E-state index contributed by atoms with van der Waals surface area (Å²) in [5.74, 6) is -0.272. The van der Waals surface area contributed by atoms with Crippen LogP contribution in [0.3, 0.4) is 0 Å². The molecule has 0 fully saturated rings. The van der Waals surface area contributed by atoms with Crippen molar-refractivity contribution in [2.75, 3.05) is 4.90 Å². The third kappa shape index (κ3) is 2.41. The van der Waals surface area contributed by atoms with E-state index in [1.165, 1.54) is 11.1 Å². The van der Waals surface area contributed by atoms with E-state index < -0.39 is 12.0 Å². The van der Waals surface area contributed by atoms with Gasteiger partial charge in [0.05, 0.1) is 0 Å². The van der Waals surface area contributed by atoms with Gasteiger partial charge in [-0.25, -0.2) is 4.79 Å². The fourth-order valence-corrected chi connectivity index (χ4v) is 3.62. The maximum atomic E-state index is 11.7. The lowest BCUT2D eigenvalue weighted by Crippen LogP contribution is -2.56. The molecule has 1 N–H and O–H groups in total. The summed E-state index contributed by atoms with van der Waals surface area (Å²) >= 11 is 0. The monoisotopic (exact) mass is 275 g/mol. The summed E-state index contributed by atoms with van der Waals surface area (Å²) in [6, 6.07) is 5.95. The standard InChI is InChI=1S/C17H25NO2/c1-6-14(16(19)20)18-15-9-11(2)7-8-13(15)12(3)10-17(18,4)5/h7-9,12,14H,6,10H2,1-5H3,(H,19,20). The third-order valence-electron chi connectivity index (χ3n) is 4.42. The van der Waals surface area contributed by atoms with E-state index in [9.17, 15) is 9.90 Å². The normalized spacial score (nSPS) is 22.2. The second kappa shape index (κ2) is 5.12. The highest BCUT2D eigenvalue weighted by Crippen LogP contribution is 2.45. The molecule has 1 heterocycles. The number of carbonyl (C=O) groups is 1. The lowest BCUT2D eigenvalue weighted by molar-refractivity contribution is -0.139. The first-order valence-corrected chi connectivity index (χ1v) is 7.40. The van der Waals surface area contributed by atoms with Crippen LogP contribution in [0, 0.1) is 6.92 Å². The second-order valence-corrected chi connectivity index (χ2v) is 6.61. The summed E-state index contributed by atoms with van der Waals surface area (Å²) in [6.07, 6.45) is 1.59. The highest BCUT2D eigenvalue weighted by Gasteiger charge is 2.41. The molecule has 0 radical (unpaired) electrons. The molecule has 2 atom stereocenters. The predicted octanol–water partition coefficient (Wildman–Crippen LogP) is 3.95. The van der Waals surface area contributed by atoms with E-state index in [2.05, 4.69) is 50.8 Å². The van der Waals surface area contributed by atoms with E-state index in [4.69, 9.17) is 0 Å². The molecule has 2 unspecified atom stereocenters. The van der Waals surface area contributed by atoms with Gasteiger partial charge in [0.25, 0.3) is 0 Å². The molecule has 3 heteroatoms. The van der Waals surface area contributed by atoms with Gasteiger partial charge in [0.15, 0.2) is 0 Å². The Morgan fingerprint density at radius 1 is 1.50 bits per heavy atom. The van der Waals surface area contributed by atoms with Crippen molar-refractivity contribution < 1.29 is 9.90 Å². The largest absolute Gasteiger partial charge is 0.480 e. The van der Waals surface area contributed by atoms with Crippen LogP contribution >= 0.6 is 0 Å². The maximum absolute atomic E-state index is 11.7. The first kappa shape index (κ1) is 14.9. The highest BCUT2D eigenvalue weighted by molar-refractivity contribution is 5.80. The molecule has 0 spiro atoms. The Hall–Kier alpha value is -1.51. The Labute approximate surface area is 121 Å². The minimum Gasteiger partial charge on any atom is -0.480 e. The fourth-order valence-electron chi connectivity index (χ4n) is 3.62. The molecule has 110 valence electrons. The smallest absolute Gasteiger partial charge is 0.326 e. The van der Waals surface area contributed by atoms with Gasteiger partial charge >= 0.3 is 5.97 Å². The van der Waals surface area contributed by atoms with Crippen LogP contribution in [0.4, 0.5) is 5.69 Å². The van der Waals surface area contributed by atoms with E-state index in [1.54, 1.807) is 0 Å². The van der Waals surface area contributed by atoms with Crippen molar-refractivity contribution in [2.24, 2.45) is 0 Å². The number of fused-ring (bicyclic) bond motifs is 1. The molecule has 0 saturated carbocycles. The van der Waals surface area contributed by atoms with Crippen LogP contribution < -0.4 is 4.90 Å². The molecular weight excluding hydrogens is 250 g/mol. The van der Waals surface area contributed by atoms with Gasteiger partial charge in [-0.1, -0.05) is 26.0 Å². The number of anilines is 1. The quantitative estimate of drug-likeness (QED) is 0.908. The Morgan fingerprint density at radius 2 is 2.15 bits per heavy atom. The molecule has 0 bridgehead atoms. The van der Waals surface area contributed by atoms with Gasteiger partial charge < -0.3 is 10.0 Å². The van der Waals surface area contributed by atoms with Gasteiger partial charge in [-0.3, -0.25) is 0 Å². The average molecular weight is 275 g/mol. The lowest BCUT2D eigenvalue weighted by atomic mass is 9.78. The summed E-state index contributed by atoms with van der Waals surface area (Å²) in [6.45, 7) is 10.5. The van der Waals surface area contributed by atoms with E-state index in [0.29, 0.717) is 12.3 Å². The topological polar surface area (TPSA) is 40.5 Å². The molecule has 0 aliphatic carbocycles. The Balaban J connectivity index is 2.61. The molecule has 2 rings (SSSR count). The zero-order valence-corrected chi connectivity index (χ0v) is 13.1. The van der Waals surface area contributed by atoms with Gasteiger partial charge in [0, 0.05) is 11.2 Å². The number of carboxylic acids is 1. The summed E-state index contributed by atoms with van der Waals surface area (Å²) < 4.78 is 0. The minimum atomic E-state index is -0.734. The summed E-state index contributed by atoms with van der Waals surface area (Å²) in [7, 11) is 0. The number of hydrogen-bond donors (Lipinski definition) is 1.